The fourth-order valence-corrected chi connectivity index (χ4v) is 2.02. The van der Waals surface area contributed by atoms with Crippen molar-refractivity contribution in [3.8, 4) is 0 Å². The Morgan fingerprint density at radius 3 is 3.20 bits per heavy atom. The third kappa shape index (κ3) is 2.45. The van der Waals surface area contributed by atoms with Gasteiger partial charge in [-0.25, -0.2) is 0 Å². The highest BCUT2D eigenvalue weighted by Crippen LogP contribution is 2.16. The molecule has 1 N–H and O–H groups in total. The molecule has 1 saturated heterocycles. The van der Waals surface area contributed by atoms with Gasteiger partial charge < -0.3 is 9.84 Å². The molecule has 0 spiro atoms. The molecule has 1 unspecified atom stereocenters. The number of hydrogen-bond acceptors (Lipinski definition) is 4. The van der Waals surface area contributed by atoms with Crippen LogP contribution in [0.4, 0.5) is 0 Å². The Balaban J connectivity index is 2.03. The zero-order chi connectivity index (χ0) is 10.7. The lowest BCUT2D eigenvalue weighted by Crippen LogP contribution is -2.35. The molecular formula is C11H16N2O2. The predicted molar refractivity (Wildman–Crippen MR) is 55.9 cm³/mol. The molecule has 0 saturated carbocycles. The largest absolute Gasteiger partial charge is 0.361 e. The van der Waals surface area contributed by atoms with Crippen molar-refractivity contribution < 1.29 is 9.32 Å². The molecule has 1 aliphatic heterocycles. The van der Waals surface area contributed by atoms with E-state index in [1.807, 2.05) is 0 Å². The van der Waals surface area contributed by atoms with Crippen LogP contribution in [0.15, 0.2) is 10.7 Å². The Labute approximate surface area is 89.0 Å². The van der Waals surface area contributed by atoms with Crippen molar-refractivity contribution in [2.24, 2.45) is 0 Å². The van der Waals surface area contributed by atoms with Crippen LogP contribution in [0.1, 0.15) is 42.3 Å². The first-order valence-electron chi connectivity index (χ1n) is 5.45. The van der Waals surface area contributed by atoms with E-state index in [-0.39, 0.29) is 5.78 Å². The maximum atomic E-state index is 11.2. The molecule has 1 aromatic rings. The molecule has 2 heterocycles. The van der Waals surface area contributed by atoms with E-state index in [9.17, 15) is 4.79 Å². The van der Waals surface area contributed by atoms with Crippen LogP contribution in [0.3, 0.4) is 0 Å². The lowest BCUT2D eigenvalue weighted by molar-refractivity contribution is 0.101. The number of Topliss-reactive ketones (excluding diaryl/α,β-unsaturated/α-hetero) is 1. The lowest BCUT2D eigenvalue weighted by atomic mass is 9.99. The van der Waals surface area contributed by atoms with E-state index in [4.69, 9.17) is 4.52 Å². The summed E-state index contributed by atoms with van der Waals surface area (Å²) in [6.45, 7) is 2.61. The van der Waals surface area contributed by atoms with E-state index in [2.05, 4.69) is 10.5 Å². The van der Waals surface area contributed by atoms with Crippen LogP contribution < -0.4 is 5.32 Å². The standard InChI is InChI=1S/C11H16N2O2/c1-8(14)10-7-13-15-11(10)6-9-4-2-3-5-12-9/h7,9,12H,2-6H2,1H3. The van der Waals surface area contributed by atoms with Gasteiger partial charge in [0, 0.05) is 12.5 Å². The highest BCUT2D eigenvalue weighted by Gasteiger charge is 2.19. The number of rotatable bonds is 3. The minimum absolute atomic E-state index is 0.0297. The monoisotopic (exact) mass is 208 g/mol. The Hall–Kier alpha value is -1.16. The summed E-state index contributed by atoms with van der Waals surface area (Å²) in [6.07, 6.45) is 5.93. The molecule has 0 aromatic carbocycles. The summed E-state index contributed by atoms with van der Waals surface area (Å²) in [5.74, 6) is 0.754. The second-order valence-corrected chi connectivity index (χ2v) is 4.07. The highest BCUT2D eigenvalue weighted by atomic mass is 16.5. The van der Waals surface area contributed by atoms with Crippen molar-refractivity contribution in [3.05, 3.63) is 17.5 Å². The number of carbonyl (C=O) groups is 1. The summed E-state index contributed by atoms with van der Waals surface area (Å²) < 4.78 is 5.12. The van der Waals surface area contributed by atoms with Crippen molar-refractivity contribution in [1.82, 2.24) is 10.5 Å². The SMILES string of the molecule is CC(=O)c1cnoc1CC1CCCCN1. The van der Waals surface area contributed by atoms with Gasteiger partial charge in [-0.3, -0.25) is 4.79 Å². The van der Waals surface area contributed by atoms with Gasteiger partial charge in [-0.2, -0.15) is 0 Å². The molecule has 0 aliphatic carbocycles. The van der Waals surface area contributed by atoms with Crippen LogP contribution in [-0.4, -0.2) is 23.5 Å². The van der Waals surface area contributed by atoms with Gasteiger partial charge in [-0.1, -0.05) is 11.6 Å². The topological polar surface area (TPSA) is 55.1 Å². The summed E-state index contributed by atoms with van der Waals surface area (Å²) >= 11 is 0. The van der Waals surface area contributed by atoms with E-state index in [1.165, 1.54) is 19.0 Å². The molecule has 2 rings (SSSR count). The Morgan fingerprint density at radius 1 is 1.67 bits per heavy atom. The summed E-state index contributed by atoms with van der Waals surface area (Å²) in [5.41, 5.74) is 0.627. The van der Waals surface area contributed by atoms with E-state index >= 15 is 0 Å². The Kier molecular flexibility index (Phi) is 3.16. The summed E-state index contributed by atoms with van der Waals surface area (Å²) in [4.78, 5) is 11.2. The van der Waals surface area contributed by atoms with E-state index in [0.717, 1.165) is 25.1 Å². The average Bonchev–Trinajstić information content (AvgIpc) is 2.67. The molecule has 1 aliphatic rings. The first-order valence-corrected chi connectivity index (χ1v) is 5.45. The molecule has 1 atom stereocenters. The number of nitrogens with one attached hydrogen (secondary N) is 1. The molecule has 0 radical (unpaired) electrons. The van der Waals surface area contributed by atoms with Gasteiger partial charge in [0.05, 0.1) is 11.8 Å². The first kappa shape index (κ1) is 10.4. The fraction of sp³-hybridized carbons (Fsp3) is 0.636. The molecule has 4 heteroatoms. The van der Waals surface area contributed by atoms with Crippen LogP contribution in [0.5, 0.6) is 0 Å². The minimum Gasteiger partial charge on any atom is -0.361 e. The van der Waals surface area contributed by atoms with Crippen LogP contribution in [0.25, 0.3) is 0 Å². The summed E-state index contributed by atoms with van der Waals surface area (Å²) in [5, 5.41) is 7.11. The summed E-state index contributed by atoms with van der Waals surface area (Å²) in [6, 6.07) is 0.435. The zero-order valence-electron chi connectivity index (χ0n) is 8.95. The summed E-state index contributed by atoms with van der Waals surface area (Å²) in [7, 11) is 0. The zero-order valence-corrected chi connectivity index (χ0v) is 8.95. The highest BCUT2D eigenvalue weighted by molar-refractivity contribution is 5.94. The maximum absolute atomic E-state index is 11.2. The number of nitrogens with zero attached hydrogens (tertiary/aromatic N) is 1. The molecule has 1 fully saturated rings. The van der Waals surface area contributed by atoms with Gasteiger partial charge in [0.15, 0.2) is 5.78 Å². The molecule has 4 nitrogen and oxygen atoms in total. The van der Waals surface area contributed by atoms with Gasteiger partial charge >= 0.3 is 0 Å². The number of carbonyl (C=O) groups excluding carboxylic acids is 1. The Bertz CT molecular complexity index is 340. The molecular weight excluding hydrogens is 192 g/mol. The second kappa shape index (κ2) is 4.57. The van der Waals surface area contributed by atoms with Crippen molar-refractivity contribution in [2.45, 2.75) is 38.6 Å². The lowest BCUT2D eigenvalue weighted by Gasteiger charge is -2.22. The molecule has 82 valence electrons. The number of ketones is 1. The van der Waals surface area contributed by atoms with Crippen molar-refractivity contribution in [1.29, 1.82) is 0 Å². The van der Waals surface area contributed by atoms with Gasteiger partial charge in [0.2, 0.25) is 0 Å². The van der Waals surface area contributed by atoms with Gasteiger partial charge in [0.1, 0.15) is 5.76 Å². The fourth-order valence-electron chi connectivity index (χ4n) is 2.02. The number of aromatic nitrogens is 1. The first-order chi connectivity index (χ1) is 7.27. The van der Waals surface area contributed by atoms with Crippen molar-refractivity contribution in [2.75, 3.05) is 6.54 Å². The third-order valence-electron chi connectivity index (χ3n) is 2.87. The van der Waals surface area contributed by atoms with E-state index in [1.54, 1.807) is 6.92 Å². The van der Waals surface area contributed by atoms with Crippen molar-refractivity contribution >= 4 is 5.78 Å². The van der Waals surface area contributed by atoms with Crippen LogP contribution in [0.2, 0.25) is 0 Å². The minimum atomic E-state index is 0.0297. The third-order valence-corrected chi connectivity index (χ3v) is 2.87. The molecule has 0 amide bonds. The van der Waals surface area contributed by atoms with E-state index < -0.39 is 0 Å². The quantitative estimate of drug-likeness (QED) is 0.766. The predicted octanol–water partition coefficient (Wildman–Crippen LogP) is 1.56. The van der Waals surface area contributed by atoms with Crippen molar-refractivity contribution in [3.63, 3.8) is 0 Å². The van der Waals surface area contributed by atoms with Crippen LogP contribution >= 0.6 is 0 Å². The smallest absolute Gasteiger partial charge is 0.164 e. The second-order valence-electron chi connectivity index (χ2n) is 4.07. The number of hydrogen-bond donors (Lipinski definition) is 1. The number of piperidine rings is 1. The molecule has 1 aromatic heterocycles. The van der Waals surface area contributed by atoms with Crippen LogP contribution in [0, 0.1) is 0 Å². The van der Waals surface area contributed by atoms with E-state index in [0.29, 0.717) is 11.6 Å². The van der Waals surface area contributed by atoms with Gasteiger partial charge in [0.25, 0.3) is 0 Å². The maximum Gasteiger partial charge on any atom is 0.164 e. The average molecular weight is 208 g/mol. The molecule has 0 bridgehead atoms. The van der Waals surface area contributed by atoms with Gasteiger partial charge in [-0.05, 0) is 26.3 Å². The normalized spacial score (nSPS) is 21.5. The van der Waals surface area contributed by atoms with Gasteiger partial charge in [-0.15, -0.1) is 0 Å². The Morgan fingerprint density at radius 2 is 2.53 bits per heavy atom. The van der Waals surface area contributed by atoms with Crippen LogP contribution in [-0.2, 0) is 6.42 Å². The molecule has 15 heavy (non-hydrogen) atoms.